The van der Waals surface area contributed by atoms with Crippen molar-refractivity contribution in [3.05, 3.63) is 52.4 Å². The first-order valence-corrected chi connectivity index (χ1v) is 10.0. The molecule has 30 heavy (non-hydrogen) atoms. The summed E-state index contributed by atoms with van der Waals surface area (Å²) in [5.41, 5.74) is 1.40. The molecule has 3 aromatic rings. The Hall–Kier alpha value is -3.32. The molecule has 7 heteroatoms. The van der Waals surface area contributed by atoms with Gasteiger partial charge >= 0.3 is 5.97 Å². The topological polar surface area (TPSA) is 87.0 Å². The number of carbonyl (C=O) groups is 1. The number of hydrogen-bond acceptors (Lipinski definition) is 7. The van der Waals surface area contributed by atoms with Crippen LogP contribution in [-0.4, -0.2) is 31.8 Å². The molecule has 0 saturated carbocycles. The van der Waals surface area contributed by atoms with Gasteiger partial charge in [0, 0.05) is 6.07 Å². The van der Waals surface area contributed by atoms with Gasteiger partial charge in [0.05, 0.1) is 10.9 Å². The molecule has 0 aliphatic carbocycles. The van der Waals surface area contributed by atoms with Gasteiger partial charge in [-0.2, -0.15) is 0 Å². The largest absolute Gasteiger partial charge is 0.486 e. The van der Waals surface area contributed by atoms with Crippen molar-refractivity contribution < 1.29 is 23.4 Å². The van der Waals surface area contributed by atoms with E-state index in [0.717, 1.165) is 19.4 Å². The van der Waals surface area contributed by atoms with E-state index in [2.05, 4.69) is 5.32 Å². The van der Waals surface area contributed by atoms with Crippen molar-refractivity contribution in [2.24, 2.45) is 0 Å². The number of ether oxygens (including phenoxy) is 3. The third kappa shape index (κ3) is 3.31. The van der Waals surface area contributed by atoms with Crippen molar-refractivity contribution in [1.82, 2.24) is 5.32 Å². The highest BCUT2D eigenvalue weighted by Crippen LogP contribution is 2.35. The maximum absolute atomic E-state index is 13.2. The van der Waals surface area contributed by atoms with Crippen LogP contribution in [0.5, 0.6) is 17.2 Å². The van der Waals surface area contributed by atoms with Crippen LogP contribution in [-0.2, 0) is 4.79 Å². The van der Waals surface area contributed by atoms with Crippen molar-refractivity contribution in [3.8, 4) is 28.4 Å². The smallest absolute Gasteiger partial charge is 0.328 e. The lowest BCUT2D eigenvalue weighted by atomic mass is 10.0. The van der Waals surface area contributed by atoms with E-state index in [1.165, 1.54) is 0 Å². The Morgan fingerprint density at radius 3 is 2.73 bits per heavy atom. The molecule has 0 amide bonds. The van der Waals surface area contributed by atoms with E-state index in [1.807, 2.05) is 6.07 Å². The minimum absolute atomic E-state index is 0.152. The fraction of sp³-hybridized carbons (Fsp3) is 0.304. The lowest BCUT2D eigenvalue weighted by Crippen LogP contribution is -2.34. The summed E-state index contributed by atoms with van der Waals surface area (Å²) in [6, 6.07) is 9.97. The Kier molecular flexibility index (Phi) is 4.67. The molecule has 0 unspecified atom stereocenters. The minimum atomic E-state index is -0.321. The maximum Gasteiger partial charge on any atom is 0.328 e. The zero-order chi connectivity index (χ0) is 20.7. The summed E-state index contributed by atoms with van der Waals surface area (Å²) in [5.74, 6) is 1.79. The van der Waals surface area contributed by atoms with E-state index in [0.29, 0.717) is 58.3 Å². The summed E-state index contributed by atoms with van der Waals surface area (Å²) < 4.78 is 22.6. The highest BCUT2D eigenvalue weighted by molar-refractivity contribution is 5.85. The average molecular weight is 407 g/mol. The summed E-state index contributed by atoms with van der Waals surface area (Å²) >= 11 is 0. The number of fused-ring (bicyclic) bond motifs is 2. The number of hydrogen-bond donors (Lipinski definition) is 1. The molecule has 0 spiro atoms. The first-order chi connectivity index (χ1) is 14.6. The number of carbonyl (C=O) groups excluding carboxylic acids is 1. The van der Waals surface area contributed by atoms with Gasteiger partial charge in [-0.3, -0.25) is 4.79 Å². The number of nitrogens with one attached hydrogen (secondary N) is 1. The van der Waals surface area contributed by atoms with Crippen LogP contribution in [0.3, 0.4) is 0 Å². The highest BCUT2D eigenvalue weighted by atomic mass is 16.6. The van der Waals surface area contributed by atoms with Crippen molar-refractivity contribution in [1.29, 1.82) is 0 Å². The van der Waals surface area contributed by atoms with Crippen LogP contribution in [0.4, 0.5) is 0 Å². The van der Waals surface area contributed by atoms with Crippen LogP contribution in [0.2, 0.25) is 0 Å². The second-order valence-electron chi connectivity index (χ2n) is 7.45. The zero-order valence-electron chi connectivity index (χ0n) is 16.5. The van der Waals surface area contributed by atoms with Gasteiger partial charge < -0.3 is 23.9 Å². The summed E-state index contributed by atoms with van der Waals surface area (Å²) in [6.45, 7) is 3.54. The predicted octanol–water partition coefficient (Wildman–Crippen LogP) is 3.20. The normalized spacial score (nSPS) is 17.8. The Balaban J connectivity index is 1.51. The Morgan fingerprint density at radius 1 is 1.10 bits per heavy atom. The zero-order valence-corrected chi connectivity index (χ0v) is 16.5. The summed E-state index contributed by atoms with van der Waals surface area (Å²) in [7, 11) is 0. The van der Waals surface area contributed by atoms with Crippen LogP contribution in [0, 0.1) is 6.92 Å². The van der Waals surface area contributed by atoms with Crippen LogP contribution in [0.15, 0.2) is 45.6 Å². The molecule has 1 atom stereocenters. The number of esters is 1. The fourth-order valence-electron chi connectivity index (χ4n) is 3.95. The molecule has 1 aromatic heterocycles. The van der Waals surface area contributed by atoms with Gasteiger partial charge in [-0.15, -0.1) is 0 Å². The SMILES string of the molecule is Cc1oc2cc(OC(=O)[C@H]3CCCN3)ccc2c(=O)c1-c1ccc2c(c1)OCCO2. The van der Waals surface area contributed by atoms with Gasteiger partial charge in [-0.1, -0.05) is 6.07 Å². The molecule has 7 nitrogen and oxygen atoms in total. The monoisotopic (exact) mass is 407 g/mol. The van der Waals surface area contributed by atoms with Crippen LogP contribution < -0.4 is 25.0 Å². The molecule has 5 rings (SSSR count). The molecule has 2 aromatic carbocycles. The Labute approximate surface area is 172 Å². The average Bonchev–Trinajstić information content (AvgIpc) is 3.28. The Morgan fingerprint density at radius 2 is 1.93 bits per heavy atom. The molecule has 3 heterocycles. The minimum Gasteiger partial charge on any atom is -0.486 e. The lowest BCUT2D eigenvalue weighted by Gasteiger charge is -2.19. The molecule has 1 saturated heterocycles. The molecule has 1 N–H and O–H groups in total. The molecular formula is C23H21NO6. The van der Waals surface area contributed by atoms with Crippen LogP contribution >= 0.6 is 0 Å². The Bertz CT molecular complexity index is 1190. The van der Waals surface area contributed by atoms with E-state index in [1.54, 1.807) is 37.3 Å². The second-order valence-corrected chi connectivity index (χ2v) is 7.45. The number of rotatable bonds is 3. The second kappa shape index (κ2) is 7.50. The summed E-state index contributed by atoms with van der Waals surface area (Å²) in [6.07, 6.45) is 1.72. The molecular weight excluding hydrogens is 386 g/mol. The molecule has 154 valence electrons. The van der Waals surface area contributed by atoms with Crippen molar-refractivity contribution in [2.75, 3.05) is 19.8 Å². The molecule has 0 radical (unpaired) electrons. The number of benzene rings is 2. The quantitative estimate of drug-likeness (QED) is 0.527. The van der Waals surface area contributed by atoms with Gasteiger partial charge in [0.15, 0.2) is 11.5 Å². The molecule has 0 bridgehead atoms. The standard InChI is InChI=1S/C23H21NO6/c1-13-21(14-4-7-18-20(11-14)28-10-9-27-18)22(25)16-6-5-15(12-19(16)29-13)30-23(26)17-3-2-8-24-17/h4-7,11-12,17,24H,2-3,8-10H2,1H3/t17-/m1/s1. The van der Waals surface area contributed by atoms with Gasteiger partial charge in [0.1, 0.15) is 36.3 Å². The van der Waals surface area contributed by atoms with Crippen LogP contribution in [0.1, 0.15) is 18.6 Å². The van der Waals surface area contributed by atoms with Crippen molar-refractivity contribution in [3.63, 3.8) is 0 Å². The van der Waals surface area contributed by atoms with Gasteiger partial charge in [-0.05, 0) is 56.1 Å². The first-order valence-electron chi connectivity index (χ1n) is 10.0. The summed E-state index contributed by atoms with van der Waals surface area (Å²) in [4.78, 5) is 25.5. The molecule has 2 aliphatic heterocycles. The van der Waals surface area contributed by atoms with E-state index < -0.39 is 0 Å². The van der Waals surface area contributed by atoms with E-state index >= 15 is 0 Å². The van der Waals surface area contributed by atoms with Crippen molar-refractivity contribution in [2.45, 2.75) is 25.8 Å². The van der Waals surface area contributed by atoms with E-state index in [4.69, 9.17) is 18.6 Å². The van der Waals surface area contributed by atoms with E-state index in [-0.39, 0.29) is 17.4 Å². The van der Waals surface area contributed by atoms with Gasteiger partial charge in [0.25, 0.3) is 0 Å². The summed E-state index contributed by atoms with van der Waals surface area (Å²) in [5, 5.41) is 3.53. The third-order valence-corrected chi connectivity index (χ3v) is 5.43. The maximum atomic E-state index is 13.2. The van der Waals surface area contributed by atoms with E-state index in [9.17, 15) is 9.59 Å². The molecule has 1 fully saturated rings. The molecule has 2 aliphatic rings. The predicted molar refractivity (Wildman–Crippen MR) is 110 cm³/mol. The third-order valence-electron chi connectivity index (χ3n) is 5.43. The highest BCUT2D eigenvalue weighted by Gasteiger charge is 2.24. The van der Waals surface area contributed by atoms with Crippen LogP contribution in [0.25, 0.3) is 22.1 Å². The fourth-order valence-corrected chi connectivity index (χ4v) is 3.95. The first kappa shape index (κ1) is 18.7. The lowest BCUT2D eigenvalue weighted by molar-refractivity contribution is -0.136. The van der Waals surface area contributed by atoms with Gasteiger partial charge in [0.2, 0.25) is 5.43 Å². The number of aryl methyl sites for hydroxylation is 1. The van der Waals surface area contributed by atoms with Gasteiger partial charge in [-0.25, -0.2) is 4.79 Å². The van der Waals surface area contributed by atoms with Crippen molar-refractivity contribution >= 4 is 16.9 Å².